The molecule has 1 unspecified atom stereocenters. The standard InChI is InChI=1S/C12H15F6NO3/c13-11(14,15)8(12(16,17)18)22-9(21)19-3-1-10(2-4-19)5-7(10)6-20/h7-8,20H,1-6H2. The molecule has 2 fully saturated rings. The highest BCUT2D eigenvalue weighted by molar-refractivity contribution is 5.68. The monoisotopic (exact) mass is 335 g/mol. The minimum absolute atomic E-state index is 0.00529. The Labute approximate surface area is 122 Å². The molecule has 1 aliphatic heterocycles. The SMILES string of the molecule is O=C(OC(C(F)(F)F)C(F)(F)F)N1CCC2(CC1)CC2CO. The molecular weight excluding hydrogens is 320 g/mol. The molecule has 1 amide bonds. The summed E-state index contributed by atoms with van der Waals surface area (Å²) in [6, 6.07) is 0. The van der Waals surface area contributed by atoms with Crippen LogP contribution in [-0.4, -0.2) is 54.3 Å². The Kier molecular flexibility index (Phi) is 4.27. The Balaban J connectivity index is 1.92. The number of nitrogens with zero attached hydrogens (tertiary/aromatic N) is 1. The Morgan fingerprint density at radius 2 is 1.68 bits per heavy atom. The van der Waals surface area contributed by atoms with Crippen molar-refractivity contribution in [2.45, 2.75) is 37.7 Å². The number of aliphatic hydroxyl groups excluding tert-OH is 1. The Morgan fingerprint density at radius 1 is 1.18 bits per heavy atom. The molecule has 1 heterocycles. The molecule has 1 saturated heterocycles. The van der Waals surface area contributed by atoms with Gasteiger partial charge in [-0.25, -0.2) is 4.79 Å². The number of hydrogen-bond acceptors (Lipinski definition) is 3. The average Bonchev–Trinajstić information content (AvgIpc) is 3.06. The van der Waals surface area contributed by atoms with Gasteiger partial charge >= 0.3 is 18.4 Å². The van der Waals surface area contributed by atoms with Crippen molar-refractivity contribution < 1.29 is 41.0 Å². The number of aliphatic hydroxyl groups is 1. The summed E-state index contributed by atoms with van der Waals surface area (Å²) in [6.45, 7) is 0.0458. The first-order chi connectivity index (χ1) is 9.99. The molecule has 0 aromatic rings. The number of carbonyl (C=O) groups excluding carboxylic acids is 1. The fraction of sp³-hybridized carbons (Fsp3) is 0.917. The van der Waals surface area contributed by atoms with E-state index in [1.54, 1.807) is 0 Å². The molecule has 0 bridgehead atoms. The Hall–Kier alpha value is -1.19. The second-order valence-electron chi connectivity index (χ2n) is 5.78. The van der Waals surface area contributed by atoms with Crippen molar-refractivity contribution in [2.75, 3.05) is 19.7 Å². The summed E-state index contributed by atoms with van der Waals surface area (Å²) in [6.07, 6.45) is -15.5. The summed E-state index contributed by atoms with van der Waals surface area (Å²) >= 11 is 0. The zero-order valence-electron chi connectivity index (χ0n) is 11.4. The largest absolute Gasteiger partial charge is 0.434 e. The number of halogens is 6. The molecule has 128 valence electrons. The molecular formula is C12H15F6NO3. The van der Waals surface area contributed by atoms with Crippen molar-refractivity contribution >= 4 is 6.09 Å². The molecule has 1 aliphatic carbocycles. The molecule has 22 heavy (non-hydrogen) atoms. The van der Waals surface area contributed by atoms with E-state index in [0.29, 0.717) is 12.8 Å². The molecule has 1 N–H and O–H groups in total. The van der Waals surface area contributed by atoms with Crippen molar-refractivity contribution in [1.82, 2.24) is 4.90 Å². The van der Waals surface area contributed by atoms with Crippen molar-refractivity contribution in [3.05, 3.63) is 0 Å². The molecule has 2 rings (SSSR count). The zero-order chi connectivity index (χ0) is 16.8. The van der Waals surface area contributed by atoms with E-state index in [1.807, 2.05) is 0 Å². The number of carbonyl (C=O) groups is 1. The topological polar surface area (TPSA) is 49.8 Å². The molecule has 4 nitrogen and oxygen atoms in total. The van der Waals surface area contributed by atoms with Gasteiger partial charge in [-0.15, -0.1) is 0 Å². The van der Waals surface area contributed by atoms with Crippen LogP contribution in [0.2, 0.25) is 0 Å². The average molecular weight is 335 g/mol. The van der Waals surface area contributed by atoms with Gasteiger partial charge in [-0.3, -0.25) is 0 Å². The second-order valence-corrected chi connectivity index (χ2v) is 5.78. The van der Waals surface area contributed by atoms with E-state index in [-0.39, 0.29) is 31.0 Å². The highest BCUT2D eigenvalue weighted by atomic mass is 19.4. The lowest BCUT2D eigenvalue weighted by molar-refractivity contribution is -0.308. The number of hydrogen-bond donors (Lipinski definition) is 1. The molecule has 2 aliphatic rings. The van der Waals surface area contributed by atoms with Crippen LogP contribution in [0.25, 0.3) is 0 Å². The van der Waals surface area contributed by atoms with Gasteiger partial charge in [-0.2, -0.15) is 26.3 Å². The molecule has 1 spiro atoms. The summed E-state index contributed by atoms with van der Waals surface area (Å²) in [5, 5.41) is 9.04. The first kappa shape index (κ1) is 17.2. The predicted molar refractivity (Wildman–Crippen MR) is 60.8 cm³/mol. The van der Waals surface area contributed by atoms with Gasteiger partial charge in [0, 0.05) is 19.7 Å². The van der Waals surface area contributed by atoms with Gasteiger partial charge in [0.15, 0.2) is 0 Å². The maximum atomic E-state index is 12.3. The van der Waals surface area contributed by atoms with E-state index >= 15 is 0 Å². The van der Waals surface area contributed by atoms with Crippen molar-refractivity contribution in [3.63, 3.8) is 0 Å². The van der Waals surface area contributed by atoms with Gasteiger partial charge in [-0.1, -0.05) is 0 Å². The molecule has 1 atom stereocenters. The second kappa shape index (κ2) is 5.47. The number of alkyl halides is 6. The fourth-order valence-electron chi connectivity index (χ4n) is 2.93. The minimum Gasteiger partial charge on any atom is -0.426 e. The van der Waals surface area contributed by atoms with E-state index in [0.717, 1.165) is 11.3 Å². The van der Waals surface area contributed by atoms with E-state index in [1.165, 1.54) is 0 Å². The summed E-state index contributed by atoms with van der Waals surface area (Å²) in [5.74, 6) is 0.101. The molecule has 0 aromatic carbocycles. The van der Waals surface area contributed by atoms with Gasteiger partial charge in [0.05, 0.1) is 0 Å². The number of rotatable bonds is 2. The maximum Gasteiger partial charge on any atom is 0.434 e. The van der Waals surface area contributed by atoms with Crippen LogP contribution in [0.15, 0.2) is 0 Å². The summed E-state index contributed by atoms with van der Waals surface area (Å²) in [7, 11) is 0. The lowest BCUT2D eigenvalue weighted by Crippen LogP contribution is -2.49. The van der Waals surface area contributed by atoms with Crippen molar-refractivity contribution in [2.24, 2.45) is 11.3 Å². The highest BCUT2D eigenvalue weighted by Crippen LogP contribution is 2.59. The van der Waals surface area contributed by atoms with Crippen LogP contribution in [0.1, 0.15) is 19.3 Å². The Morgan fingerprint density at radius 3 is 2.05 bits per heavy atom. The third kappa shape index (κ3) is 3.41. The van der Waals surface area contributed by atoms with Crippen LogP contribution in [0.3, 0.4) is 0 Å². The van der Waals surface area contributed by atoms with E-state index in [4.69, 9.17) is 5.11 Å². The van der Waals surface area contributed by atoms with E-state index in [9.17, 15) is 31.1 Å². The number of likely N-dealkylation sites (tertiary alicyclic amines) is 1. The highest BCUT2D eigenvalue weighted by Gasteiger charge is 2.60. The smallest absolute Gasteiger partial charge is 0.426 e. The lowest BCUT2D eigenvalue weighted by atomic mass is 9.91. The van der Waals surface area contributed by atoms with Crippen LogP contribution in [-0.2, 0) is 4.74 Å². The van der Waals surface area contributed by atoms with Gasteiger partial charge in [-0.05, 0) is 30.6 Å². The number of piperidine rings is 1. The van der Waals surface area contributed by atoms with Crippen molar-refractivity contribution in [1.29, 1.82) is 0 Å². The molecule has 0 radical (unpaired) electrons. The first-order valence-electron chi connectivity index (χ1n) is 6.69. The Bertz CT molecular complexity index is 414. The third-order valence-corrected chi connectivity index (χ3v) is 4.41. The third-order valence-electron chi connectivity index (χ3n) is 4.41. The van der Waals surface area contributed by atoms with Crippen LogP contribution < -0.4 is 0 Å². The zero-order valence-corrected chi connectivity index (χ0v) is 11.4. The van der Waals surface area contributed by atoms with Crippen molar-refractivity contribution in [3.8, 4) is 0 Å². The number of ether oxygens (including phenoxy) is 1. The van der Waals surface area contributed by atoms with E-state index in [2.05, 4.69) is 4.74 Å². The van der Waals surface area contributed by atoms with Crippen LogP contribution >= 0.6 is 0 Å². The lowest BCUT2D eigenvalue weighted by Gasteiger charge is -2.33. The molecule has 10 heteroatoms. The summed E-state index contributed by atoms with van der Waals surface area (Å²) in [4.78, 5) is 12.4. The van der Waals surface area contributed by atoms with Crippen LogP contribution in [0.4, 0.5) is 31.1 Å². The normalized spacial score (nSPS) is 24.7. The van der Waals surface area contributed by atoms with Crippen LogP contribution in [0, 0.1) is 11.3 Å². The molecule has 1 saturated carbocycles. The minimum atomic E-state index is -5.70. The summed E-state index contributed by atoms with van der Waals surface area (Å²) < 4.78 is 77.6. The fourth-order valence-corrected chi connectivity index (χ4v) is 2.93. The summed E-state index contributed by atoms with van der Waals surface area (Å²) in [5.41, 5.74) is -0.126. The van der Waals surface area contributed by atoms with Gasteiger partial charge < -0.3 is 14.7 Å². The maximum absolute atomic E-state index is 12.3. The van der Waals surface area contributed by atoms with Gasteiger partial charge in [0.1, 0.15) is 0 Å². The van der Waals surface area contributed by atoms with Gasteiger partial charge in [0.2, 0.25) is 0 Å². The first-order valence-corrected chi connectivity index (χ1v) is 6.69. The number of amides is 1. The quantitative estimate of drug-likeness (QED) is 0.790. The molecule has 0 aromatic heterocycles. The van der Waals surface area contributed by atoms with Gasteiger partial charge in [0.25, 0.3) is 6.10 Å². The van der Waals surface area contributed by atoms with Crippen LogP contribution in [0.5, 0.6) is 0 Å². The predicted octanol–water partition coefficient (Wildman–Crippen LogP) is 2.71. The van der Waals surface area contributed by atoms with E-state index < -0.39 is 24.5 Å².